The molecular formula is C9H16O3. The summed E-state index contributed by atoms with van der Waals surface area (Å²) in [4.78, 5) is 10.9. The van der Waals surface area contributed by atoms with E-state index >= 15 is 0 Å². The predicted molar refractivity (Wildman–Crippen MR) is 46.6 cm³/mol. The first-order chi connectivity index (χ1) is 5.70. The van der Waals surface area contributed by atoms with E-state index in [-0.39, 0.29) is 12.1 Å². The van der Waals surface area contributed by atoms with Crippen LogP contribution in [0.25, 0.3) is 0 Å². The van der Waals surface area contributed by atoms with Gasteiger partial charge in [0.1, 0.15) is 0 Å². The molecule has 0 saturated heterocycles. The molecule has 0 spiro atoms. The van der Waals surface area contributed by atoms with Gasteiger partial charge in [0.25, 0.3) is 0 Å². The Bertz CT molecular complexity index is 152. The number of esters is 1. The van der Waals surface area contributed by atoms with E-state index in [1.807, 2.05) is 20.8 Å². The van der Waals surface area contributed by atoms with Crippen molar-refractivity contribution in [2.24, 2.45) is 0 Å². The van der Waals surface area contributed by atoms with Gasteiger partial charge in [-0.2, -0.15) is 0 Å². The van der Waals surface area contributed by atoms with Crippen LogP contribution >= 0.6 is 0 Å². The van der Waals surface area contributed by atoms with Crippen LogP contribution in [0.1, 0.15) is 27.2 Å². The molecule has 3 nitrogen and oxygen atoms in total. The van der Waals surface area contributed by atoms with Gasteiger partial charge in [0.05, 0.1) is 25.0 Å². The van der Waals surface area contributed by atoms with E-state index in [1.54, 1.807) is 0 Å². The van der Waals surface area contributed by atoms with E-state index in [0.717, 1.165) is 6.42 Å². The summed E-state index contributed by atoms with van der Waals surface area (Å²) in [5.41, 5.74) is 0. The van der Waals surface area contributed by atoms with Crippen LogP contribution in [0.4, 0.5) is 0 Å². The highest BCUT2D eigenvalue weighted by Gasteiger charge is 2.02. The zero-order chi connectivity index (χ0) is 9.40. The lowest BCUT2D eigenvalue weighted by molar-refractivity contribution is -0.142. The lowest BCUT2D eigenvalue weighted by Crippen LogP contribution is -2.11. The van der Waals surface area contributed by atoms with Crippen molar-refractivity contribution in [1.29, 1.82) is 0 Å². The first-order valence-electron chi connectivity index (χ1n) is 4.19. The maximum Gasteiger partial charge on any atom is 0.334 e. The summed E-state index contributed by atoms with van der Waals surface area (Å²) in [6, 6.07) is 0. The Morgan fingerprint density at radius 2 is 2.17 bits per heavy atom. The van der Waals surface area contributed by atoms with E-state index in [2.05, 4.69) is 0 Å². The van der Waals surface area contributed by atoms with E-state index < -0.39 is 0 Å². The second-order valence-corrected chi connectivity index (χ2v) is 2.41. The molecule has 1 atom stereocenters. The highest BCUT2D eigenvalue weighted by molar-refractivity contribution is 5.81. The molecule has 70 valence electrons. The summed E-state index contributed by atoms with van der Waals surface area (Å²) < 4.78 is 9.78. The molecule has 12 heavy (non-hydrogen) atoms. The van der Waals surface area contributed by atoms with Crippen LogP contribution in [0.3, 0.4) is 0 Å². The largest absolute Gasteiger partial charge is 0.501 e. The van der Waals surface area contributed by atoms with Gasteiger partial charge in [-0.05, 0) is 20.3 Å². The molecule has 0 bridgehead atoms. The molecule has 0 rings (SSSR count). The quantitative estimate of drug-likeness (QED) is 0.361. The van der Waals surface area contributed by atoms with Crippen LogP contribution in [-0.4, -0.2) is 18.7 Å². The molecular weight excluding hydrogens is 156 g/mol. The second kappa shape index (κ2) is 6.70. The average molecular weight is 172 g/mol. The van der Waals surface area contributed by atoms with E-state index in [4.69, 9.17) is 9.47 Å². The molecule has 1 unspecified atom stereocenters. The minimum atomic E-state index is -0.349. The smallest absolute Gasteiger partial charge is 0.334 e. The minimum absolute atomic E-state index is 0.0243. The fourth-order valence-electron chi connectivity index (χ4n) is 0.521. The molecule has 3 heteroatoms. The summed E-state index contributed by atoms with van der Waals surface area (Å²) in [6.45, 7) is 6.23. The van der Waals surface area contributed by atoms with Gasteiger partial charge in [0.15, 0.2) is 0 Å². The predicted octanol–water partition coefficient (Wildman–Crippen LogP) is 1.88. The third-order valence-electron chi connectivity index (χ3n) is 1.36. The molecule has 0 aromatic carbocycles. The molecule has 0 N–H and O–H groups in total. The van der Waals surface area contributed by atoms with Crippen LogP contribution in [0.5, 0.6) is 0 Å². The molecule has 0 aliphatic carbocycles. The number of carbonyl (C=O) groups excluding carboxylic acids is 1. The van der Waals surface area contributed by atoms with Crippen LogP contribution < -0.4 is 0 Å². The molecule has 0 aliphatic rings. The molecule has 0 aromatic rings. The van der Waals surface area contributed by atoms with E-state index in [1.165, 1.54) is 12.3 Å². The van der Waals surface area contributed by atoms with Crippen LogP contribution in [0, 0.1) is 0 Å². The number of carbonyl (C=O) groups is 1. The van der Waals surface area contributed by atoms with Crippen LogP contribution in [-0.2, 0) is 14.3 Å². The second-order valence-electron chi connectivity index (χ2n) is 2.41. The average Bonchev–Trinajstić information content (AvgIpc) is 2.05. The maximum absolute atomic E-state index is 10.9. The molecule has 0 aliphatic heterocycles. The Labute approximate surface area is 73.4 Å². The van der Waals surface area contributed by atoms with Gasteiger partial charge in [0, 0.05) is 0 Å². The Hall–Kier alpha value is -0.990. The van der Waals surface area contributed by atoms with Gasteiger partial charge in [-0.15, -0.1) is 0 Å². The Kier molecular flexibility index (Phi) is 6.15. The molecule has 0 aromatic heterocycles. The van der Waals surface area contributed by atoms with Gasteiger partial charge < -0.3 is 9.47 Å². The van der Waals surface area contributed by atoms with E-state index in [9.17, 15) is 4.79 Å². The van der Waals surface area contributed by atoms with Gasteiger partial charge in [-0.3, -0.25) is 0 Å². The van der Waals surface area contributed by atoms with Crippen molar-refractivity contribution in [1.82, 2.24) is 0 Å². The van der Waals surface area contributed by atoms with Crippen molar-refractivity contribution in [3.63, 3.8) is 0 Å². The monoisotopic (exact) mass is 172 g/mol. The molecule has 0 heterocycles. The Morgan fingerprint density at radius 1 is 1.50 bits per heavy atom. The number of rotatable bonds is 5. The minimum Gasteiger partial charge on any atom is -0.501 e. The normalized spacial score (nSPS) is 12.9. The summed E-state index contributed by atoms with van der Waals surface area (Å²) in [5.74, 6) is -0.349. The Balaban J connectivity index is 3.58. The number of hydrogen-bond acceptors (Lipinski definition) is 3. The van der Waals surface area contributed by atoms with Crippen molar-refractivity contribution < 1.29 is 14.3 Å². The maximum atomic E-state index is 10.9. The fraction of sp³-hybridized carbons (Fsp3) is 0.667. The van der Waals surface area contributed by atoms with Crippen molar-refractivity contribution >= 4 is 5.97 Å². The topological polar surface area (TPSA) is 35.5 Å². The first kappa shape index (κ1) is 11.0. The first-order valence-corrected chi connectivity index (χ1v) is 4.19. The van der Waals surface area contributed by atoms with Crippen molar-refractivity contribution in [3.8, 4) is 0 Å². The Morgan fingerprint density at radius 3 is 2.67 bits per heavy atom. The summed E-state index contributed by atoms with van der Waals surface area (Å²) in [5, 5.41) is 0. The number of ether oxygens (including phenoxy) is 2. The van der Waals surface area contributed by atoms with Crippen molar-refractivity contribution in [2.45, 2.75) is 33.3 Å². The van der Waals surface area contributed by atoms with Crippen molar-refractivity contribution in [2.75, 3.05) is 6.61 Å². The van der Waals surface area contributed by atoms with Crippen molar-refractivity contribution in [3.05, 3.63) is 12.3 Å². The summed E-state index contributed by atoms with van der Waals surface area (Å²) >= 11 is 0. The zero-order valence-corrected chi connectivity index (χ0v) is 7.87. The lowest BCUT2D eigenvalue weighted by Gasteiger charge is -2.07. The third-order valence-corrected chi connectivity index (χ3v) is 1.36. The van der Waals surface area contributed by atoms with Gasteiger partial charge >= 0.3 is 5.97 Å². The SMILES string of the molecule is CCO/C=C/C(=O)OC(C)CC. The van der Waals surface area contributed by atoms with Crippen LogP contribution in [0.2, 0.25) is 0 Å². The van der Waals surface area contributed by atoms with Gasteiger partial charge in [0.2, 0.25) is 0 Å². The lowest BCUT2D eigenvalue weighted by atomic mass is 10.3. The highest BCUT2D eigenvalue weighted by atomic mass is 16.5. The number of hydrogen-bond donors (Lipinski definition) is 0. The highest BCUT2D eigenvalue weighted by Crippen LogP contribution is 1.96. The fourth-order valence-corrected chi connectivity index (χ4v) is 0.521. The molecule has 0 amide bonds. The molecule has 0 fully saturated rings. The zero-order valence-electron chi connectivity index (χ0n) is 7.87. The molecule has 0 saturated carbocycles. The van der Waals surface area contributed by atoms with Gasteiger partial charge in [-0.25, -0.2) is 4.79 Å². The summed E-state index contributed by atoms with van der Waals surface area (Å²) in [6.07, 6.45) is 3.44. The van der Waals surface area contributed by atoms with Gasteiger partial charge in [-0.1, -0.05) is 6.92 Å². The standard InChI is InChI=1S/C9H16O3/c1-4-8(3)12-9(10)6-7-11-5-2/h6-8H,4-5H2,1-3H3/b7-6+. The van der Waals surface area contributed by atoms with E-state index in [0.29, 0.717) is 6.61 Å². The van der Waals surface area contributed by atoms with Crippen LogP contribution in [0.15, 0.2) is 12.3 Å². The third kappa shape index (κ3) is 5.77. The molecule has 0 radical (unpaired) electrons. The summed E-state index contributed by atoms with van der Waals surface area (Å²) in [7, 11) is 0.